The van der Waals surface area contributed by atoms with Gasteiger partial charge in [-0.15, -0.1) is 0 Å². The summed E-state index contributed by atoms with van der Waals surface area (Å²) in [5.41, 5.74) is 3.08. The molecule has 2 N–H and O–H groups in total. The molecule has 0 bridgehead atoms. The third-order valence-corrected chi connectivity index (χ3v) is 3.76. The van der Waals surface area contributed by atoms with E-state index in [1.54, 1.807) is 30.7 Å². The highest BCUT2D eigenvalue weighted by Gasteiger charge is 2.18. The van der Waals surface area contributed by atoms with Gasteiger partial charge < -0.3 is 9.67 Å². The van der Waals surface area contributed by atoms with Crippen molar-refractivity contribution in [1.29, 1.82) is 0 Å². The first-order valence-electron chi connectivity index (χ1n) is 7.50. The van der Waals surface area contributed by atoms with Crippen molar-refractivity contribution in [2.45, 2.75) is 6.54 Å². The standard InChI is InChI=1S/C15H17N7O3/c1-20-12-11(13(24)21(2)15(20)25)22(7-8-23)14(18-12)19-17-9-10-3-5-16-6-4-10/h3-6,9,23H,7-8H2,1-2H3,(H,18,19)/b17-9-. The van der Waals surface area contributed by atoms with Crippen LogP contribution < -0.4 is 16.7 Å². The van der Waals surface area contributed by atoms with Crippen molar-refractivity contribution in [3.05, 3.63) is 50.9 Å². The van der Waals surface area contributed by atoms with Crippen LogP contribution >= 0.6 is 0 Å². The molecule has 0 aliphatic heterocycles. The fourth-order valence-electron chi connectivity index (χ4n) is 2.46. The summed E-state index contributed by atoms with van der Waals surface area (Å²) in [5, 5.41) is 13.4. The fraction of sp³-hybridized carbons (Fsp3) is 0.267. The van der Waals surface area contributed by atoms with E-state index in [9.17, 15) is 14.7 Å². The highest BCUT2D eigenvalue weighted by atomic mass is 16.3. The summed E-state index contributed by atoms with van der Waals surface area (Å²) < 4.78 is 3.78. The number of aromatic nitrogens is 5. The zero-order valence-electron chi connectivity index (χ0n) is 13.7. The molecule has 0 aromatic carbocycles. The third kappa shape index (κ3) is 2.94. The molecule has 3 aromatic heterocycles. The van der Waals surface area contributed by atoms with Gasteiger partial charge in [0.05, 0.1) is 12.8 Å². The zero-order valence-corrected chi connectivity index (χ0v) is 13.7. The highest BCUT2D eigenvalue weighted by Crippen LogP contribution is 2.15. The number of aryl methyl sites for hydroxylation is 1. The lowest BCUT2D eigenvalue weighted by Crippen LogP contribution is -2.37. The summed E-state index contributed by atoms with van der Waals surface area (Å²) in [7, 11) is 2.93. The first kappa shape index (κ1) is 16.6. The van der Waals surface area contributed by atoms with Crippen LogP contribution in [-0.2, 0) is 20.6 Å². The molecule has 0 aliphatic rings. The van der Waals surface area contributed by atoms with Gasteiger partial charge in [-0.2, -0.15) is 10.1 Å². The lowest BCUT2D eigenvalue weighted by molar-refractivity contribution is 0.278. The second-order valence-corrected chi connectivity index (χ2v) is 5.34. The largest absolute Gasteiger partial charge is 0.395 e. The van der Waals surface area contributed by atoms with Gasteiger partial charge in [0, 0.05) is 33.0 Å². The molecule has 0 amide bonds. The lowest BCUT2D eigenvalue weighted by atomic mass is 10.3. The zero-order chi connectivity index (χ0) is 18.0. The maximum absolute atomic E-state index is 12.4. The summed E-state index contributed by atoms with van der Waals surface area (Å²) in [6.45, 7) is -0.0583. The molecule has 10 nitrogen and oxygen atoms in total. The number of aliphatic hydroxyl groups is 1. The molecule has 0 saturated heterocycles. The summed E-state index contributed by atoms with van der Waals surface area (Å²) in [5.74, 6) is 0.257. The number of hydrazone groups is 1. The second-order valence-electron chi connectivity index (χ2n) is 5.34. The van der Waals surface area contributed by atoms with E-state index in [1.165, 1.54) is 23.2 Å². The SMILES string of the molecule is Cn1c(=O)c2c(nc(N/N=C\c3ccncc3)n2CCO)n(C)c1=O. The first-order chi connectivity index (χ1) is 12.0. The predicted molar refractivity (Wildman–Crippen MR) is 92.8 cm³/mol. The van der Waals surface area contributed by atoms with Gasteiger partial charge in [-0.05, 0) is 17.7 Å². The van der Waals surface area contributed by atoms with Gasteiger partial charge >= 0.3 is 5.69 Å². The minimum Gasteiger partial charge on any atom is -0.395 e. The molecule has 0 radical (unpaired) electrons. The van der Waals surface area contributed by atoms with Gasteiger partial charge in [0.1, 0.15) is 0 Å². The number of rotatable bonds is 5. The van der Waals surface area contributed by atoms with Crippen LogP contribution in [0.15, 0.2) is 39.2 Å². The van der Waals surface area contributed by atoms with Crippen LogP contribution in [0.25, 0.3) is 11.2 Å². The van der Waals surface area contributed by atoms with Crippen molar-refractivity contribution in [2.24, 2.45) is 19.2 Å². The van der Waals surface area contributed by atoms with Crippen LogP contribution in [-0.4, -0.2) is 41.6 Å². The Kier molecular flexibility index (Phi) is 4.44. The number of nitrogens with zero attached hydrogens (tertiary/aromatic N) is 6. The van der Waals surface area contributed by atoms with Crippen LogP contribution in [0.1, 0.15) is 5.56 Å². The first-order valence-corrected chi connectivity index (χ1v) is 7.50. The van der Waals surface area contributed by atoms with E-state index >= 15 is 0 Å². The number of hydrogen-bond donors (Lipinski definition) is 2. The Balaban J connectivity index is 2.09. The van der Waals surface area contributed by atoms with Crippen molar-refractivity contribution in [1.82, 2.24) is 23.7 Å². The van der Waals surface area contributed by atoms with Gasteiger partial charge in [0.15, 0.2) is 11.2 Å². The molecule has 130 valence electrons. The minimum atomic E-state index is -0.481. The lowest BCUT2D eigenvalue weighted by Gasteiger charge is -2.07. The Morgan fingerprint density at radius 3 is 2.64 bits per heavy atom. The molecule has 25 heavy (non-hydrogen) atoms. The van der Waals surface area contributed by atoms with Crippen molar-refractivity contribution in [2.75, 3.05) is 12.0 Å². The number of hydrogen-bond acceptors (Lipinski definition) is 7. The van der Waals surface area contributed by atoms with Crippen LogP contribution in [0.3, 0.4) is 0 Å². The Hall–Kier alpha value is -3.27. The predicted octanol–water partition coefficient (Wildman–Crippen LogP) is -0.733. The van der Waals surface area contributed by atoms with Gasteiger partial charge in [0.25, 0.3) is 5.56 Å². The molecule has 0 unspecified atom stereocenters. The molecule has 0 saturated carbocycles. The van der Waals surface area contributed by atoms with E-state index in [-0.39, 0.29) is 30.3 Å². The maximum Gasteiger partial charge on any atom is 0.332 e. The minimum absolute atomic E-state index is 0.136. The third-order valence-electron chi connectivity index (χ3n) is 3.76. The van der Waals surface area contributed by atoms with Crippen LogP contribution in [0, 0.1) is 0 Å². The Morgan fingerprint density at radius 2 is 1.96 bits per heavy atom. The van der Waals surface area contributed by atoms with Crippen molar-refractivity contribution in [3.63, 3.8) is 0 Å². The Bertz CT molecular complexity index is 1050. The molecule has 10 heteroatoms. The van der Waals surface area contributed by atoms with E-state index in [0.29, 0.717) is 0 Å². The van der Waals surface area contributed by atoms with Crippen molar-refractivity contribution in [3.8, 4) is 0 Å². The van der Waals surface area contributed by atoms with Gasteiger partial charge in [-0.1, -0.05) is 0 Å². The molecule has 0 fully saturated rings. The number of fused-ring (bicyclic) bond motifs is 1. The average Bonchev–Trinajstić information content (AvgIpc) is 2.98. The number of imidazole rings is 1. The average molecular weight is 343 g/mol. The molecular weight excluding hydrogens is 326 g/mol. The Morgan fingerprint density at radius 1 is 1.24 bits per heavy atom. The molecule has 0 aliphatic carbocycles. The smallest absolute Gasteiger partial charge is 0.332 e. The Labute approximate surface area is 141 Å². The van der Waals surface area contributed by atoms with Crippen LogP contribution in [0.4, 0.5) is 5.95 Å². The van der Waals surface area contributed by atoms with Crippen LogP contribution in [0.2, 0.25) is 0 Å². The molecule has 3 aromatic rings. The highest BCUT2D eigenvalue weighted by molar-refractivity contribution is 5.80. The van der Waals surface area contributed by atoms with Gasteiger partial charge in [-0.25, -0.2) is 10.2 Å². The van der Waals surface area contributed by atoms with Gasteiger partial charge in [0.2, 0.25) is 5.95 Å². The summed E-state index contributed by atoms with van der Waals surface area (Å²) in [6, 6.07) is 3.56. The van der Waals surface area contributed by atoms with E-state index in [2.05, 4.69) is 20.5 Å². The van der Waals surface area contributed by atoms with Crippen LogP contribution in [0.5, 0.6) is 0 Å². The molecule has 3 heterocycles. The summed E-state index contributed by atoms with van der Waals surface area (Å²) >= 11 is 0. The van der Waals surface area contributed by atoms with E-state index in [0.717, 1.165) is 10.1 Å². The fourth-order valence-corrected chi connectivity index (χ4v) is 2.46. The molecule has 0 spiro atoms. The van der Waals surface area contributed by atoms with Crippen molar-refractivity contribution >= 4 is 23.3 Å². The molecular formula is C15H17N7O3. The monoisotopic (exact) mass is 343 g/mol. The summed E-state index contributed by atoms with van der Waals surface area (Å²) in [4.78, 5) is 32.7. The maximum atomic E-state index is 12.4. The number of anilines is 1. The molecule has 0 atom stereocenters. The summed E-state index contributed by atoms with van der Waals surface area (Å²) in [6.07, 6.45) is 4.85. The van der Waals surface area contributed by atoms with E-state index < -0.39 is 11.2 Å². The van der Waals surface area contributed by atoms with Gasteiger partial charge in [-0.3, -0.25) is 18.9 Å². The van der Waals surface area contributed by atoms with E-state index in [4.69, 9.17) is 0 Å². The van der Waals surface area contributed by atoms with E-state index in [1.807, 2.05) is 0 Å². The topological polar surface area (TPSA) is 119 Å². The number of nitrogens with one attached hydrogen (secondary N) is 1. The molecule has 3 rings (SSSR count). The second kappa shape index (κ2) is 6.69. The number of pyridine rings is 1. The normalized spacial score (nSPS) is 11.5. The van der Waals surface area contributed by atoms with Crippen molar-refractivity contribution < 1.29 is 5.11 Å². The number of aliphatic hydroxyl groups excluding tert-OH is 1. The quantitative estimate of drug-likeness (QED) is 0.465.